The van der Waals surface area contributed by atoms with Crippen LogP contribution in [0, 0.1) is 5.92 Å². The normalized spacial score (nSPS) is 14.7. The summed E-state index contributed by atoms with van der Waals surface area (Å²) < 4.78 is 0. The average molecular weight is 249 g/mol. The van der Waals surface area contributed by atoms with Gasteiger partial charge in [-0.25, -0.2) is 0 Å². The van der Waals surface area contributed by atoms with Crippen LogP contribution in [-0.4, -0.2) is 10.1 Å². The quantitative estimate of drug-likeness (QED) is 0.697. The molecule has 0 aliphatic carbocycles. The van der Waals surface area contributed by atoms with Gasteiger partial charge in [0.1, 0.15) is 5.60 Å². The molecule has 1 heterocycles. The third-order valence-corrected chi connectivity index (χ3v) is 3.73. The zero-order valence-electron chi connectivity index (χ0n) is 12.0. The van der Waals surface area contributed by atoms with Crippen molar-refractivity contribution in [3.8, 4) is 0 Å². The molecule has 0 saturated heterocycles. The van der Waals surface area contributed by atoms with Crippen LogP contribution in [0.3, 0.4) is 0 Å². The maximum absolute atomic E-state index is 10.9. The number of unbranched alkanes of at least 4 members (excludes halogenated alkanes) is 4. The Morgan fingerprint density at radius 1 is 1.17 bits per heavy atom. The van der Waals surface area contributed by atoms with Gasteiger partial charge < -0.3 is 5.11 Å². The Kier molecular flexibility index (Phi) is 6.34. The van der Waals surface area contributed by atoms with E-state index in [0.717, 1.165) is 18.5 Å². The SMILES string of the molecule is CCCCCCCC(O)(c1ccccn1)C(C)C. The maximum Gasteiger partial charge on any atom is 0.109 e. The lowest BCUT2D eigenvalue weighted by molar-refractivity contribution is -0.0246. The molecule has 1 aromatic heterocycles. The second-order valence-electron chi connectivity index (χ2n) is 5.46. The zero-order valence-corrected chi connectivity index (χ0v) is 12.0. The Balaban J connectivity index is 2.59. The summed E-state index contributed by atoms with van der Waals surface area (Å²) in [6.45, 7) is 6.36. The molecular weight excluding hydrogens is 222 g/mol. The Bertz CT molecular complexity index is 323. The first-order valence-corrected chi connectivity index (χ1v) is 7.25. The molecule has 1 unspecified atom stereocenters. The van der Waals surface area contributed by atoms with E-state index < -0.39 is 5.60 Å². The van der Waals surface area contributed by atoms with E-state index in [0.29, 0.717) is 0 Å². The van der Waals surface area contributed by atoms with Gasteiger partial charge in [0.2, 0.25) is 0 Å². The van der Waals surface area contributed by atoms with Gasteiger partial charge in [0, 0.05) is 6.20 Å². The minimum absolute atomic E-state index is 0.193. The second kappa shape index (κ2) is 7.52. The molecule has 0 aromatic carbocycles. The summed E-state index contributed by atoms with van der Waals surface area (Å²) in [6.07, 6.45) is 8.68. The van der Waals surface area contributed by atoms with Crippen LogP contribution in [-0.2, 0) is 5.60 Å². The van der Waals surface area contributed by atoms with E-state index in [1.807, 2.05) is 18.2 Å². The first kappa shape index (κ1) is 15.2. The molecule has 2 nitrogen and oxygen atoms in total. The zero-order chi connectivity index (χ0) is 13.4. The van der Waals surface area contributed by atoms with Crippen molar-refractivity contribution < 1.29 is 5.11 Å². The fourth-order valence-electron chi connectivity index (χ4n) is 2.33. The lowest BCUT2D eigenvalue weighted by atomic mass is 9.82. The largest absolute Gasteiger partial charge is 0.383 e. The van der Waals surface area contributed by atoms with E-state index >= 15 is 0 Å². The highest BCUT2D eigenvalue weighted by Crippen LogP contribution is 2.33. The fraction of sp³-hybridized carbons (Fsp3) is 0.688. The fourth-order valence-corrected chi connectivity index (χ4v) is 2.33. The minimum atomic E-state index is -0.770. The highest BCUT2D eigenvalue weighted by molar-refractivity contribution is 5.13. The van der Waals surface area contributed by atoms with Crippen LogP contribution in [0.5, 0.6) is 0 Å². The number of nitrogens with zero attached hydrogens (tertiary/aromatic N) is 1. The first-order chi connectivity index (χ1) is 8.61. The minimum Gasteiger partial charge on any atom is -0.383 e. The predicted octanol–water partition coefficient (Wildman–Crippen LogP) is 4.29. The van der Waals surface area contributed by atoms with E-state index in [2.05, 4.69) is 25.8 Å². The van der Waals surface area contributed by atoms with Gasteiger partial charge in [-0.1, -0.05) is 58.9 Å². The van der Waals surface area contributed by atoms with Gasteiger partial charge >= 0.3 is 0 Å². The molecule has 0 amide bonds. The number of aliphatic hydroxyl groups is 1. The third-order valence-electron chi connectivity index (χ3n) is 3.73. The molecule has 0 saturated carbocycles. The number of aromatic nitrogens is 1. The molecular formula is C16H27NO. The van der Waals surface area contributed by atoms with Crippen LogP contribution in [0.1, 0.15) is 65.0 Å². The van der Waals surface area contributed by atoms with Crippen LogP contribution in [0.15, 0.2) is 24.4 Å². The van der Waals surface area contributed by atoms with Crippen LogP contribution in [0.2, 0.25) is 0 Å². The highest BCUT2D eigenvalue weighted by atomic mass is 16.3. The second-order valence-corrected chi connectivity index (χ2v) is 5.46. The Morgan fingerprint density at radius 3 is 2.44 bits per heavy atom. The number of hydrogen-bond acceptors (Lipinski definition) is 2. The van der Waals surface area contributed by atoms with Crippen molar-refractivity contribution in [2.75, 3.05) is 0 Å². The van der Waals surface area contributed by atoms with Crippen molar-refractivity contribution in [1.82, 2.24) is 4.98 Å². The molecule has 0 aliphatic rings. The molecule has 102 valence electrons. The summed E-state index contributed by atoms with van der Waals surface area (Å²) in [4.78, 5) is 4.34. The molecule has 1 atom stereocenters. The van der Waals surface area contributed by atoms with Crippen molar-refractivity contribution >= 4 is 0 Å². The van der Waals surface area contributed by atoms with Gasteiger partial charge in [-0.05, 0) is 24.5 Å². The summed E-state index contributed by atoms with van der Waals surface area (Å²) in [5, 5.41) is 10.9. The number of rotatable bonds is 8. The van der Waals surface area contributed by atoms with Gasteiger partial charge in [-0.15, -0.1) is 0 Å². The van der Waals surface area contributed by atoms with E-state index in [4.69, 9.17) is 0 Å². The lowest BCUT2D eigenvalue weighted by Crippen LogP contribution is -2.33. The molecule has 1 N–H and O–H groups in total. The Morgan fingerprint density at radius 2 is 1.89 bits per heavy atom. The summed E-state index contributed by atoms with van der Waals surface area (Å²) in [6, 6.07) is 5.78. The van der Waals surface area contributed by atoms with Crippen LogP contribution in [0.4, 0.5) is 0 Å². The summed E-state index contributed by atoms with van der Waals surface area (Å²) in [5.41, 5.74) is 0.0449. The highest BCUT2D eigenvalue weighted by Gasteiger charge is 2.33. The predicted molar refractivity (Wildman–Crippen MR) is 76.3 cm³/mol. The van der Waals surface area contributed by atoms with Crippen LogP contribution in [0.25, 0.3) is 0 Å². The monoisotopic (exact) mass is 249 g/mol. The van der Waals surface area contributed by atoms with E-state index in [-0.39, 0.29) is 5.92 Å². The van der Waals surface area contributed by atoms with Gasteiger partial charge in [0.05, 0.1) is 5.69 Å². The van der Waals surface area contributed by atoms with Gasteiger partial charge in [0.15, 0.2) is 0 Å². The molecule has 0 bridgehead atoms. The molecule has 0 aliphatic heterocycles. The third kappa shape index (κ3) is 4.09. The summed E-state index contributed by atoms with van der Waals surface area (Å²) in [5.74, 6) is 0.193. The van der Waals surface area contributed by atoms with E-state index in [1.165, 1.54) is 25.7 Å². The molecule has 0 spiro atoms. The van der Waals surface area contributed by atoms with Gasteiger partial charge in [-0.3, -0.25) is 4.98 Å². The summed E-state index contributed by atoms with van der Waals surface area (Å²) in [7, 11) is 0. The molecule has 2 heteroatoms. The lowest BCUT2D eigenvalue weighted by Gasteiger charge is -2.31. The van der Waals surface area contributed by atoms with Crippen molar-refractivity contribution in [1.29, 1.82) is 0 Å². The molecule has 1 aromatic rings. The Hall–Kier alpha value is -0.890. The van der Waals surface area contributed by atoms with E-state index in [1.54, 1.807) is 6.20 Å². The van der Waals surface area contributed by atoms with Gasteiger partial charge in [-0.2, -0.15) is 0 Å². The molecule has 0 radical (unpaired) electrons. The van der Waals surface area contributed by atoms with Crippen molar-refractivity contribution in [3.63, 3.8) is 0 Å². The molecule has 1 rings (SSSR count). The van der Waals surface area contributed by atoms with Crippen molar-refractivity contribution in [3.05, 3.63) is 30.1 Å². The maximum atomic E-state index is 10.9. The number of hydrogen-bond donors (Lipinski definition) is 1. The topological polar surface area (TPSA) is 33.1 Å². The van der Waals surface area contributed by atoms with E-state index in [9.17, 15) is 5.11 Å². The average Bonchev–Trinajstić information content (AvgIpc) is 2.39. The smallest absolute Gasteiger partial charge is 0.109 e. The van der Waals surface area contributed by atoms with Crippen molar-refractivity contribution in [2.24, 2.45) is 5.92 Å². The van der Waals surface area contributed by atoms with Gasteiger partial charge in [0.25, 0.3) is 0 Å². The standard InChI is InChI=1S/C16H27NO/c1-4-5-6-7-9-12-16(18,14(2)3)15-11-8-10-13-17-15/h8,10-11,13-14,18H,4-7,9,12H2,1-3H3. The molecule has 0 fully saturated rings. The number of pyridine rings is 1. The first-order valence-electron chi connectivity index (χ1n) is 7.25. The molecule has 18 heavy (non-hydrogen) atoms. The van der Waals surface area contributed by atoms with Crippen LogP contribution < -0.4 is 0 Å². The summed E-state index contributed by atoms with van der Waals surface area (Å²) >= 11 is 0. The van der Waals surface area contributed by atoms with Crippen LogP contribution >= 0.6 is 0 Å². The van der Waals surface area contributed by atoms with Crippen molar-refractivity contribution in [2.45, 2.75) is 64.9 Å². The Labute approximate surface area is 111 Å².